The van der Waals surface area contributed by atoms with E-state index in [1.54, 1.807) is 30.0 Å². The number of aromatic nitrogens is 3. The van der Waals surface area contributed by atoms with Gasteiger partial charge in [0, 0.05) is 32.0 Å². The van der Waals surface area contributed by atoms with Gasteiger partial charge in [-0.2, -0.15) is 0 Å². The molecule has 28 heavy (non-hydrogen) atoms. The Morgan fingerprint density at radius 1 is 1.07 bits per heavy atom. The first-order chi connectivity index (χ1) is 13.3. The fourth-order valence-electron chi connectivity index (χ4n) is 2.83. The molecule has 0 radical (unpaired) electrons. The van der Waals surface area contributed by atoms with E-state index in [-0.39, 0.29) is 0 Å². The van der Waals surface area contributed by atoms with Crippen LogP contribution in [0, 0.1) is 6.92 Å². The molecule has 1 aromatic heterocycles. The number of sulfonamides is 1. The highest BCUT2D eigenvalue weighted by Crippen LogP contribution is 2.27. The van der Waals surface area contributed by atoms with E-state index < -0.39 is 10.0 Å². The maximum atomic E-state index is 12.3. The molecule has 0 atom stereocenters. The van der Waals surface area contributed by atoms with E-state index in [9.17, 15) is 8.42 Å². The maximum absolute atomic E-state index is 12.3. The molecule has 0 aliphatic carbocycles. The Kier molecular flexibility index (Phi) is 6.22. The van der Waals surface area contributed by atoms with Crippen LogP contribution in [0.4, 0.5) is 0 Å². The molecule has 0 spiro atoms. The van der Waals surface area contributed by atoms with Gasteiger partial charge in [0.05, 0.1) is 4.90 Å². The first-order valence-electron chi connectivity index (χ1n) is 8.97. The molecule has 1 heterocycles. The molecule has 0 fully saturated rings. The van der Waals surface area contributed by atoms with Crippen molar-refractivity contribution in [2.45, 2.75) is 36.2 Å². The van der Waals surface area contributed by atoms with Gasteiger partial charge < -0.3 is 4.57 Å². The lowest BCUT2D eigenvalue weighted by Gasteiger charge is -2.12. The van der Waals surface area contributed by atoms with Crippen LogP contribution in [0.1, 0.15) is 18.1 Å². The minimum absolute atomic E-state index is 0.299. The summed E-state index contributed by atoms with van der Waals surface area (Å²) in [5.74, 6) is 1.46. The minimum Gasteiger partial charge on any atom is -0.302 e. The molecule has 0 N–H and O–H groups in total. The Morgan fingerprint density at radius 2 is 1.82 bits per heavy atom. The molecule has 3 aromatic rings. The number of benzene rings is 2. The van der Waals surface area contributed by atoms with Crippen molar-refractivity contribution in [2.75, 3.05) is 14.1 Å². The van der Waals surface area contributed by atoms with E-state index in [4.69, 9.17) is 0 Å². The SMILES string of the molecule is CCn1c(SCc2cccc(S(=O)(=O)N(C)C)c2)nnc1-c1cccc(C)c1. The average molecular weight is 417 g/mol. The molecular formula is C20H24N4O2S2. The number of rotatable bonds is 7. The molecule has 2 aromatic carbocycles. The molecule has 0 unspecified atom stereocenters. The second-order valence-electron chi connectivity index (χ2n) is 6.64. The molecule has 0 saturated carbocycles. The normalized spacial score (nSPS) is 11.9. The molecule has 0 aliphatic heterocycles. The van der Waals surface area contributed by atoms with Crippen LogP contribution in [-0.4, -0.2) is 41.6 Å². The lowest BCUT2D eigenvalue weighted by Crippen LogP contribution is -2.22. The van der Waals surface area contributed by atoms with E-state index in [2.05, 4.69) is 40.7 Å². The highest BCUT2D eigenvalue weighted by atomic mass is 32.2. The summed E-state index contributed by atoms with van der Waals surface area (Å²) >= 11 is 1.55. The van der Waals surface area contributed by atoms with Gasteiger partial charge >= 0.3 is 0 Å². The lowest BCUT2D eigenvalue weighted by atomic mass is 10.1. The maximum Gasteiger partial charge on any atom is 0.242 e. The Hall–Kier alpha value is -2.16. The van der Waals surface area contributed by atoms with E-state index in [1.807, 2.05) is 18.2 Å². The van der Waals surface area contributed by atoms with Crippen LogP contribution in [0.5, 0.6) is 0 Å². The van der Waals surface area contributed by atoms with Gasteiger partial charge in [0.1, 0.15) is 0 Å². The van der Waals surface area contributed by atoms with E-state index in [1.165, 1.54) is 24.0 Å². The van der Waals surface area contributed by atoms with Gasteiger partial charge in [-0.1, -0.05) is 47.7 Å². The summed E-state index contributed by atoms with van der Waals surface area (Å²) in [4.78, 5) is 0.299. The molecule has 3 rings (SSSR count). The van der Waals surface area contributed by atoms with Crippen molar-refractivity contribution in [1.82, 2.24) is 19.1 Å². The van der Waals surface area contributed by atoms with Crippen LogP contribution in [0.3, 0.4) is 0 Å². The Labute approximate surface area is 170 Å². The zero-order valence-corrected chi connectivity index (χ0v) is 18.1. The number of hydrogen-bond donors (Lipinski definition) is 0. The zero-order chi connectivity index (χ0) is 20.3. The molecule has 0 amide bonds. The molecule has 8 heteroatoms. The fraction of sp³-hybridized carbons (Fsp3) is 0.300. The molecular weight excluding hydrogens is 392 g/mol. The highest BCUT2D eigenvalue weighted by molar-refractivity contribution is 7.98. The highest BCUT2D eigenvalue weighted by Gasteiger charge is 2.18. The summed E-state index contributed by atoms with van der Waals surface area (Å²) in [5.41, 5.74) is 3.15. The van der Waals surface area contributed by atoms with Gasteiger partial charge in [-0.05, 0) is 37.6 Å². The van der Waals surface area contributed by atoms with Crippen molar-refractivity contribution in [3.63, 3.8) is 0 Å². The first kappa shape index (κ1) is 20.6. The van der Waals surface area contributed by atoms with Crippen molar-refractivity contribution in [2.24, 2.45) is 0 Å². The van der Waals surface area contributed by atoms with Gasteiger partial charge in [0.2, 0.25) is 10.0 Å². The Balaban J connectivity index is 1.83. The van der Waals surface area contributed by atoms with E-state index in [0.717, 1.165) is 28.7 Å². The summed E-state index contributed by atoms with van der Waals surface area (Å²) in [6, 6.07) is 15.2. The van der Waals surface area contributed by atoms with Crippen LogP contribution in [0.25, 0.3) is 11.4 Å². The van der Waals surface area contributed by atoms with Crippen molar-refractivity contribution < 1.29 is 8.42 Å². The van der Waals surface area contributed by atoms with Gasteiger partial charge in [-0.3, -0.25) is 0 Å². The van der Waals surface area contributed by atoms with Crippen LogP contribution in [0.15, 0.2) is 58.6 Å². The smallest absolute Gasteiger partial charge is 0.242 e. The zero-order valence-electron chi connectivity index (χ0n) is 16.5. The lowest BCUT2D eigenvalue weighted by molar-refractivity contribution is 0.520. The van der Waals surface area contributed by atoms with Gasteiger partial charge in [-0.25, -0.2) is 12.7 Å². The number of nitrogens with zero attached hydrogens (tertiary/aromatic N) is 4. The third-order valence-corrected chi connectivity index (χ3v) is 7.20. The number of hydrogen-bond acceptors (Lipinski definition) is 5. The first-order valence-corrected chi connectivity index (χ1v) is 11.4. The van der Waals surface area contributed by atoms with Crippen molar-refractivity contribution >= 4 is 21.8 Å². The summed E-state index contributed by atoms with van der Waals surface area (Å²) < 4.78 is 28.0. The fourth-order valence-corrected chi connectivity index (χ4v) is 4.75. The van der Waals surface area contributed by atoms with Crippen molar-refractivity contribution in [3.8, 4) is 11.4 Å². The predicted octanol–water partition coefficient (Wildman–Crippen LogP) is 3.82. The molecule has 6 nitrogen and oxygen atoms in total. The second-order valence-corrected chi connectivity index (χ2v) is 9.74. The van der Waals surface area contributed by atoms with Crippen molar-refractivity contribution in [1.29, 1.82) is 0 Å². The third-order valence-electron chi connectivity index (χ3n) is 4.35. The van der Waals surface area contributed by atoms with Gasteiger partial charge in [0.15, 0.2) is 11.0 Å². The van der Waals surface area contributed by atoms with E-state index >= 15 is 0 Å². The topological polar surface area (TPSA) is 68.1 Å². The summed E-state index contributed by atoms with van der Waals surface area (Å²) in [6.45, 7) is 4.88. The van der Waals surface area contributed by atoms with Crippen LogP contribution in [0.2, 0.25) is 0 Å². The largest absolute Gasteiger partial charge is 0.302 e. The van der Waals surface area contributed by atoms with Crippen LogP contribution < -0.4 is 0 Å². The Morgan fingerprint density at radius 3 is 2.50 bits per heavy atom. The summed E-state index contributed by atoms with van der Waals surface area (Å²) in [6.07, 6.45) is 0. The van der Waals surface area contributed by atoms with Gasteiger partial charge in [-0.15, -0.1) is 10.2 Å². The predicted molar refractivity (Wildman–Crippen MR) is 113 cm³/mol. The summed E-state index contributed by atoms with van der Waals surface area (Å²) in [7, 11) is -0.370. The summed E-state index contributed by atoms with van der Waals surface area (Å²) in [5, 5.41) is 9.56. The molecule has 0 aliphatic rings. The Bertz CT molecular complexity index is 1080. The second kappa shape index (κ2) is 8.46. The number of thioether (sulfide) groups is 1. The molecule has 0 bridgehead atoms. The van der Waals surface area contributed by atoms with Crippen LogP contribution >= 0.6 is 11.8 Å². The molecule has 148 valence electrons. The van der Waals surface area contributed by atoms with Crippen LogP contribution in [-0.2, 0) is 22.3 Å². The van der Waals surface area contributed by atoms with E-state index in [0.29, 0.717) is 10.6 Å². The van der Waals surface area contributed by atoms with Gasteiger partial charge in [0.25, 0.3) is 0 Å². The number of aryl methyl sites for hydroxylation is 1. The standard InChI is InChI=1S/C20H24N4O2S2/c1-5-24-19(17-10-6-8-15(2)12-17)21-22-20(24)27-14-16-9-7-11-18(13-16)28(25,26)23(3)4/h6-13H,5,14H2,1-4H3. The van der Waals surface area contributed by atoms with Crippen molar-refractivity contribution in [3.05, 3.63) is 59.7 Å². The average Bonchev–Trinajstić information content (AvgIpc) is 3.09. The quantitative estimate of drug-likeness (QED) is 0.548. The minimum atomic E-state index is -3.44. The monoisotopic (exact) mass is 416 g/mol. The molecule has 0 saturated heterocycles. The third kappa shape index (κ3) is 4.29.